The standard InChI is InChI=1S/C32H39F3N5O6P/c1-5-45-47(43,46-6-2)18-19-7-13-25(27(15-19)44-4)38-31-36-16-24(32(33,34)35)29(39-31)37-26-14-12-22(20-8-10-21(41)11-9-20)23-17-40(3)30(42)28(23)26/h7,12-16,20-21,41H,5-6,8-11,17-18H2,1-4H3,(H2,36,37,38,39). The number of benzene rings is 2. The average Bonchev–Trinajstić information content (AvgIpc) is 3.32. The van der Waals surface area contributed by atoms with E-state index in [0.29, 0.717) is 48.1 Å². The summed E-state index contributed by atoms with van der Waals surface area (Å²) in [7, 11) is -0.323. The van der Waals surface area contributed by atoms with Gasteiger partial charge in [0.15, 0.2) is 0 Å². The summed E-state index contributed by atoms with van der Waals surface area (Å²) in [6, 6.07) is 8.37. The second kappa shape index (κ2) is 14.2. The van der Waals surface area contributed by atoms with Crippen LogP contribution in [0, 0.1) is 0 Å². The number of amides is 1. The summed E-state index contributed by atoms with van der Waals surface area (Å²) in [6.07, 6.45) is -1.62. The van der Waals surface area contributed by atoms with E-state index in [1.54, 1.807) is 45.2 Å². The van der Waals surface area contributed by atoms with Gasteiger partial charge < -0.3 is 34.4 Å². The molecule has 2 aliphatic rings. The molecule has 47 heavy (non-hydrogen) atoms. The number of carbonyl (C=O) groups excluding carboxylic acids is 1. The van der Waals surface area contributed by atoms with E-state index in [1.165, 1.54) is 12.0 Å². The predicted molar refractivity (Wildman–Crippen MR) is 171 cm³/mol. The fraction of sp³-hybridized carbons (Fsp3) is 0.469. The minimum absolute atomic E-state index is 0.00408. The summed E-state index contributed by atoms with van der Waals surface area (Å²) in [5, 5.41) is 15.7. The van der Waals surface area contributed by atoms with Gasteiger partial charge in [-0.15, -0.1) is 0 Å². The highest BCUT2D eigenvalue weighted by Gasteiger charge is 2.37. The molecule has 1 aliphatic heterocycles. The molecular weight excluding hydrogens is 638 g/mol. The molecule has 5 rings (SSSR count). The fourth-order valence-corrected chi connectivity index (χ4v) is 7.82. The molecule has 1 amide bonds. The number of nitrogens with one attached hydrogen (secondary N) is 2. The van der Waals surface area contributed by atoms with E-state index in [-0.39, 0.29) is 48.9 Å². The normalized spacial score (nSPS) is 18.3. The van der Waals surface area contributed by atoms with Crippen molar-refractivity contribution >= 4 is 36.6 Å². The minimum Gasteiger partial charge on any atom is -0.495 e. The summed E-state index contributed by atoms with van der Waals surface area (Å²) >= 11 is 0. The number of anilines is 4. The van der Waals surface area contributed by atoms with Crippen molar-refractivity contribution in [3.63, 3.8) is 0 Å². The molecule has 0 bridgehead atoms. The number of hydrogen-bond acceptors (Lipinski definition) is 10. The number of aliphatic hydroxyl groups excluding tert-OH is 1. The van der Waals surface area contributed by atoms with Gasteiger partial charge in [-0.25, -0.2) is 4.98 Å². The number of fused-ring (bicyclic) bond motifs is 1. The largest absolute Gasteiger partial charge is 0.495 e. The van der Waals surface area contributed by atoms with Crippen LogP contribution in [-0.4, -0.2) is 59.4 Å². The second-order valence-corrected chi connectivity index (χ2v) is 13.6. The molecule has 3 N–H and O–H groups in total. The van der Waals surface area contributed by atoms with Crippen LogP contribution in [0.4, 0.5) is 36.3 Å². The van der Waals surface area contributed by atoms with Gasteiger partial charge in [0.1, 0.15) is 17.1 Å². The maximum atomic E-state index is 14.2. The molecule has 0 unspecified atom stereocenters. The number of carbonyl (C=O) groups is 1. The van der Waals surface area contributed by atoms with Crippen molar-refractivity contribution in [1.29, 1.82) is 0 Å². The molecule has 1 aliphatic carbocycles. The molecule has 1 fully saturated rings. The first-order chi connectivity index (χ1) is 22.4. The zero-order valence-corrected chi connectivity index (χ0v) is 27.6. The lowest BCUT2D eigenvalue weighted by atomic mass is 9.80. The number of nitrogens with zero attached hydrogens (tertiary/aromatic N) is 3. The maximum Gasteiger partial charge on any atom is 0.421 e. The quantitative estimate of drug-likeness (QED) is 0.167. The number of methoxy groups -OCH3 is 1. The topological polar surface area (TPSA) is 135 Å². The smallest absolute Gasteiger partial charge is 0.421 e. The maximum absolute atomic E-state index is 14.2. The third-order valence-corrected chi connectivity index (χ3v) is 10.4. The van der Waals surface area contributed by atoms with Crippen molar-refractivity contribution in [2.75, 3.05) is 38.0 Å². The third-order valence-electron chi connectivity index (χ3n) is 8.33. The summed E-state index contributed by atoms with van der Waals surface area (Å²) in [4.78, 5) is 22.9. The Kier molecular flexibility index (Phi) is 10.4. The summed E-state index contributed by atoms with van der Waals surface area (Å²) in [5.41, 5.74) is 2.11. The molecule has 2 heterocycles. The monoisotopic (exact) mass is 677 g/mol. The van der Waals surface area contributed by atoms with Crippen LogP contribution in [0.3, 0.4) is 0 Å². The molecule has 1 saturated carbocycles. The molecule has 0 spiro atoms. The van der Waals surface area contributed by atoms with Crippen LogP contribution in [0.2, 0.25) is 0 Å². The van der Waals surface area contributed by atoms with E-state index in [1.807, 2.05) is 6.07 Å². The van der Waals surface area contributed by atoms with Crippen LogP contribution in [0.25, 0.3) is 0 Å². The summed E-state index contributed by atoms with van der Waals surface area (Å²) in [5.74, 6) is -0.536. The van der Waals surface area contributed by atoms with Gasteiger partial charge in [0.2, 0.25) is 5.95 Å². The first-order valence-corrected chi connectivity index (χ1v) is 17.2. The van der Waals surface area contributed by atoms with Crippen molar-refractivity contribution in [1.82, 2.24) is 14.9 Å². The SMILES string of the molecule is CCOP(=O)(Cc1ccc(Nc2ncc(C(F)(F)F)c(Nc3ccc(C4CCC(O)CC4)c4c3C(=O)N(C)C4)n2)c(OC)c1)OCC. The Hall–Kier alpha value is -3.71. The minimum atomic E-state index is -4.79. The number of aromatic nitrogens is 2. The molecule has 0 saturated heterocycles. The Morgan fingerprint density at radius 3 is 2.36 bits per heavy atom. The highest BCUT2D eigenvalue weighted by molar-refractivity contribution is 7.53. The van der Waals surface area contributed by atoms with Crippen molar-refractivity contribution in [2.24, 2.45) is 0 Å². The van der Waals surface area contributed by atoms with Crippen molar-refractivity contribution in [3.05, 3.63) is 64.3 Å². The fourth-order valence-electron chi connectivity index (χ4n) is 6.13. The number of aliphatic hydroxyl groups is 1. The third kappa shape index (κ3) is 7.72. The van der Waals surface area contributed by atoms with E-state index in [4.69, 9.17) is 13.8 Å². The van der Waals surface area contributed by atoms with Gasteiger partial charge >= 0.3 is 13.8 Å². The molecule has 11 nitrogen and oxygen atoms in total. The number of rotatable bonds is 12. The van der Waals surface area contributed by atoms with Crippen LogP contribution in [0.5, 0.6) is 5.75 Å². The molecular formula is C32H39F3N5O6P. The highest BCUT2D eigenvalue weighted by atomic mass is 31.2. The Bertz CT molecular complexity index is 1650. The van der Waals surface area contributed by atoms with Crippen LogP contribution < -0.4 is 15.4 Å². The average molecular weight is 678 g/mol. The number of alkyl halides is 3. The first kappa shape index (κ1) is 34.6. The molecule has 1 aromatic heterocycles. The molecule has 3 aromatic rings. The van der Waals surface area contributed by atoms with Crippen molar-refractivity contribution in [2.45, 2.75) is 70.4 Å². The van der Waals surface area contributed by atoms with Gasteiger partial charge in [-0.3, -0.25) is 9.36 Å². The second-order valence-electron chi connectivity index (χ2n) is 11.6. The van der Waals surface area contributed by atoms with Crippen LogP contribution in [-0.2, 0) is 32.5 Å². The molecule has 15 heteroatoms. The van der Waals surface area contributed by atoms with E-state index >= 15 is 0 Å². The van der Waals surface area contributed by atoms with Gasteiger partial charge in [0.05, 0.1) is 49.5 Å². The highest BCUT2D eigenvalue weighted by Crippen LogP contribution is 2.52. The van der Waals surface area contributed by atoms with Crippen LogP contribution in [0.15, 0.2) is 36.5 Å². The van der Waals surface area contributed by atoms with Crippen molar-refractivity contribution < 1.29 is 41.4 Å². The lowest BCUT2D eigenvalue weighted by Crippen LogP contribution is -2.18. The van der Waals surface area contributed by atoms with Gasteiger partial charge in [0.25, 0.3) is 5.91 Å². The van der Waals surface area contributed by atoms with Gasteiger partial charge in [-0.05, 0) is 80.3 Å². The van der Waals surface area contributed by atoms with Gasteiger partial charge in [-0.2, -0.15) is 18.2 Å². The predicted octanol–water partition coefficient (Wildman–Crippen LogP) is 7.36. The lowest BCUT2D eigenvalue weighted by Gasteiger charge is -2.27. The van der Waals surface area contributed by atoms with E-state index in [0.717, 1.165) is 24.0 Å². The Morgan fingerprint density at radius 2 is 1.72 bits per heavy atom. The van der Waals surface area contributed by atoms with E-state index in [9.17, 15) is 27.6 Å². The zero-order chi connectivity index (χ0) is 33.9. The van der Waals surface area contributed by atoms with Gasteiger partial charge in [-0.1, -0.05) is 12.1 Å². The van der Waals surface area contributed by atoms with Crippen LogP contribution in [0.1, 0.15) is 78.1 Å². The summed E-state index contributed by atoms with van der Waals surface area (Å²) < 4.78 is 71.8. The zero-order valence-electron chi connectivity index (χ0n) is 26.7. The Labute approximate surface area is 271 Å². The number of ether oxygens (including phenoxy) is 1. The first-order valence-electron chi connectivity index (χ1n) is 15.5. The molecule has 0 radical (unpaired) electrons. The van der Waals surface area contributed by atoms with Crippen LogP contribution >= 0.6 is 7.60 Å². The number of halogens is 3. The Morgan fingerprint density at radius 1 is 1.04 bits per heavy atom. The molecule has 0 atom stereocenters. The number of hydrogen-bond donors (Lipinski definition) is 3. The van der Waals surface area contributed by atoms with Crippen molar-refractivity contribution in [3.8, 4) is 5.75 Å². The van der Waals surface area contributed by atoms with Gasteiger partial charge in [0, 0.05) is 19.8 Å². The van der Waals surface area contributed by atoms with E-state index < -0.39 is 25.2 Å². The summed E-state index contributed by atoms with van der Waals surface area (Å²) in [6.45, 7) is 4.18. The lowest BCUT2D eigenvalue weighted by molar-refractivity contribution is -0.137. The molecule has 254 valence electrons. The Balaban J connectivity index is 1.46. The molecule has 2 aromatic carbocycles. The van der Waals surface area contributed by atoms with E-state index in [2.05, 4.69) is 20.6 Å².